The zero-order valence-electron chi connectivity index (χ0n) is 24.4. The van der Waals surface area contributed by atoms with Gasteiger partial charge in [-0.15, -0.1) is 0 Å². The lowest BCUT2D eigenvalue weighted by Crippen LogP contribution is -2.43. The Bertz CT molecular complexity index is 1760. The Morgan fingerprint density at radius 1 is 1.00 bits per heavy atom. The number of likely N-dealkylation sites (tertiary alicyclic amines) is 1. The minimum atomic E-state index is 0.0598. The molecule has 5 aromatic rings. The van der Waals surface area contributed by atoms with Crippen LogP contribution in [0.1, 0.15) is 30.4 Å². The highest BCUT2D eigenvalue weighted by Gasteiger charge is 2.21. The largest absolute Gasteiger partial charge is 0.383 e. The van der Waals surface area contributed by atoms with E-state index < -0.39 is 0 Å². The van der Waals surface area contributed by atoms with E-state index in [2.05, 4.69) is 50.7 Å². The molecule has 0 spiro atoms. The quantitative estimate of drug-likeness (QED) is 0.285. The van der Waals surface area contributed by atoms with E-state index in [9.17, 15) is 4.79 Å². The fraction of sp³-hybridized carbons (Fsp3) is 0.265. The van der Waals surface area contributed by atoms with Crippen LogP contribution in [-0.4, -0.2) is 61.5 Å². The first-order valence-corrected chi connectivity index (χ1v) is 14.8. The van der Waals surface area contributed by atoms with Gasteiger partial charge in [-0.05, 0) is 104 Å². The Morgan fingerprint density at radius 3 is 2.53 bits per heavy atom. The zero-order valence-corrected chi connectivity index (χ0v) is 24.4. The minimum absolute atomic E-state index is 0.0598. The normalized spacial score (nSPS) is 14.7. The minimum Gasteiger partial charge on any atom is -0.383 e. The highest BCUT2D eigenvalue weighted by Crippen LogP contribution is 2.33. The van der Waals surface area contributed by atoms with Crippen LogP contribution in [0.3, 0.4) is 0 Å². The molecule has 4 aromatic heterocycles. The molecule has 0 saturated carbocycles. The molecule has 1 aliphatic carbocycles. The number of carbonyl (C=O) groups excluding carboxylic acids is 1. The number of benzene rings is 1. The predicted octanol–water partition coefficient (Wildman–Crippen LogP) is 5.00. The number of aryl methyl sites for hydroxylation is 2. The van der Waals surface area contributed by atoms with Crippen molar-refractivity contribution in [2.45, 2.75) is 38.1 Å². The van der Waals surface area contributed by atoms with Crippen LogP contribution in [0.25, 0.3) is 39.4 Å². The van der Waals surface area contributed by atoms with E-state index in [0.29, 0.717) is 11.9 Å². The zero-order chi connectivity index (χ0) is 29.8. The molecule has 1 saturated heterocycles. The van der Waals surface area contributed by atoms with Gasteiger partial charge in [0.25, 0.3) is 0 Å². The number of nitrogens with one attached hydrogen (secondary N) is 1. The number of hydrogen-bond acceptors (Lipinski definition) is 7. The summed E-state index contributed by atoms with van der Waals surface area (Å²) in [7, 11) is 1.97. The van der Waals surface area contributed by atoms with Gasteiger partial charge in [0.2, 0.25) is 5.91 Å². The summed E-state index contributed by atoms with van der Waals surface area (Å²) in [6, 6.07) is 17.1. The van der Waals surface area contributed by atoms with Crippen LogP contribution >= 0.6 is 0 Å². The lowest BCUT2D eigenvalue weighted by molar-refractivity contribution is -0.127. The molecule has 0 atom stereocenters. The van der Waals surface area contributed by atoms with Gasteiger partial charge < -0.3 is 16.0 Å². The van der Waals surface area contributed by atoms with Gasteiger partial charge in [-0.1, -0.05) is 12.6 Å². The first-order valence-electron chi connectivity index (χ1n) is 14.8. The van der Waals surface area contributed by atoms with Gasteiger partial charge in [0.05, 0.1) is 5.56 Å². The number of nitrogens with zero attached hydrogens (tertiary/aromatic N) is 6. The number of rotatable bonds is 5. The molecule has 1 fully saturated rings. The molecular formula is C34H36N8O. The van der Waals surface area contributed by atoms with Crippen LogP contribution in [0.5, 0.6) is 0 Å². The molecule has 7 rings (SSSR count). The van der Waals surface area contributed by atoms with Gasteiger partial charge in [-0.2, -0.15) is 0 Å². The topological polar surface area (TPSA) is 115 Å². The maximum Gasteiger partial charge on any atom is 0.245 e. The molecule has 0 radical (unpaired) electrons. The SMILES string of the molecule is C=CC(=O)N1CCC(NC)CC1.Nc1ncccc1-c1nc2cc(-c3ccncc3)cnc2n1-c1ccc2c(c1)CCC2. The molecule has 1 aromatic carbocycles. The second kappa shape index (κ2) is 12.5. The molecule has 218 valence electrons. The van der Waals surface area contributed by atoms with Gasteiger partial charge in [0.15, 0.2) is 11.5 Å². The second-order valence-electron chi connectivity index (χ2n) is 10.9. The Labute approximate surface area is 251 Å². The maximum absolute atomic E-state index is 11.1. The number of carbonyl (C=O) groups is 1. The van der Waals surface area contributed by atoms with Crippen LogP contribution in [0.15, 0.2) is 86.0 Å². The summed E-state index contributed by atoms with van der Waals surface area (Å²) < 4.78 is 2.09. The van der Waals surface area contributed by atoms with Crippen molar-refractivity contribution in [2.75, 3.05) is 25.9 Å². The first-order chi connectivity index (χ1) is 21.1. The molecule has 9 heteroatoms. The van der Waals surface area contributed by atoms with E-state index in [4.69, 9.17) is 15.7 Å². The van der Waals surface area contributed by atoms with Crippen molar-refractivity contribution in [3.05, 3.63) is 97.1 Å². The number of anilines is 1. The van der Waals surface area contributed by atoms with Crippen molar-refractivity contribution in [3.8, 4) is 28.2 Å². The van der Waals surface area contributed by atoms with E-state index in [-0.39, 0.29) is 5.91 Å². The fourth-order valence-corrected chi connectivity index (χ4v) is 5.91. The summed E-state index contributed by atoms with van der Waals surface area (Å²) in [6.07, 6.45) is 14.1. The number of amides is 1. The van der Waals surface area contributed by atoms with E-state index >= 15 is 0 Å². The van der Waals surface area contributed by atoms with Crippen molar-refractivity contribution in [1.29, 1.82) is 0 Å². The fourth-order valence-electron chi connectivity index (χ4n) is 5.91. The third kappa shape index (κ3) is 5.89. The standard InChI is InChI=1S/C25H20N6.C9H16N2O/c26-23-21(5-2-10-28-23)24-30-22-14-19(17-8-11-27-12-9-17)15-29-25(22)31(24)20-7-6-16-3-1-4-18(16)13-20;1-3-9(12)11-6-4-8(10-2)5-7-11/h2,5-15H,1,3-4H2,(H2,26,28);3,8,10H,1,4-7H2,2H3. The Kier molecular flexibility index (Phi) is 8.24. The van der Waals surface area contributed by atoms with Crippen LogP contribution in [0.2, 0.25) is 0 Å². The first kappa shape index (κ1) is 28.2. The molecule has 43 heavy (non-hydrogen) atoms. The highest BCUT2D eigenvalue weighted by atomic mass is 16.2. The van der Waals surface area contributed by atoms with Gasteiger partial charge in [-0.3, -0.25) is 14.3 Å². The molecule has 9 nitrogen and oxygen atoms in total. The number of imidazole rings is 1. The van der Waals surface area contributed by atoms with Crippen molar-refractivity contribution in [1.82, 2.24) is 34.7 Å². The molecule has 0 bridgehead atoms. The Balaban J connectivity index is 0.000000232. The number of fused-ring (bicyclic) bond motifs is 2. The highest BCUT2D eigenvalue weighted by molar-refractivity contribution is 5.87. The summed E-state index contributed by atoms with van der Waals surface area (Å²) in [5.41, 5.74) is 14.6. The van der Waals surface area contributed by atoms with Crippen LogP contribution in [-0.2, 0) is 17.6 Å². The molecule has 3 N–H and O–H groups in total. The van der Waals surface area contributed by atoms with Crippen LogP contribution in [0.4, 0.5) is 5.82 Å². The Hall–Kier alpha value is -4.89. The van der Waals surface area contributed by atoms with Crippen molar-refractivity contribution < 1.29 is 4.79 Å². The van der Waals surface area contributed by atoms with E-state index in [1.54, 1.807) is 18.6 Å². The third-order valence-corrected chi connectivity index (χ3v) is 8.32. The molecule has 1 aliphatic heterocycles. The number of nitrogen functional groups attached to an aromatic ring is 1. The van der Waals surface area contributed by atoms with Crippen molar-refractivity contribution in [3.63, 3.8) is 0 Å². The summed E-state index contributed by atoms with van der Waals surface area (Å²) >= 11 is 0. The smallest absolute Gasteiger partial charge is 0.245 e. The van der Waals surface area contributed by atoms with Gasteiger partial charge in [0, 0.05) is 55.2 Å². The molecule has 0 unspecified atom stereocenters. The monoisotopic (exact) mass is 572 g/mol. The molecule has 1 amide bonds. The van der Waals surface area contributed by atoms with Crippen LogP contribution < -0.4 is 11.1 Å². The number of piperidine rings is 1. The predicted molar refractivity (Wildman–Crippen MR) is 171 cm³/mol. The maximum atomic E-state index is 11.1. The Morgan fingerprint density at radius 2 is 1.79 bits per heavy atom. The third-order valence-electron chi connectivity index (χ3n) is 8.32. The average molecular weight is 573 g/mol. The average Bonchev–Trinajstić information content (AvgIpc) is 3.69. The van der Waals surface area contributed by atoms with Gasteiger partial charge in [0.1, 0.15) is 11.3 Å². The number of pyridine rings is 3. The summed E-state index contributed by atoms with van der Waals surface area (Å²) in [6.45, 7) is 5.18. The number of nitrogens with two attached hydrogens (primary N) is 1. The molecule has 5 heterocycles. The second-order valence-corrected chi connectivity index (χ2v) is 10.9. The summed E-state index contributed by atoms with van der Waals surface area (Å²) in [5.74, 6) is 1.26. The lowest BCUT2D eigenvalue weighted by atomic mass is 10.1. The number of aromatic nitrogens is 5. The van der Waals surface area contributed by atoms with Crippen LogP contribution in [0, 0.1) is 0 Å². The van der Waals surface area contributed by atoms with E-state index in [0.717, 1.165) is 78.1 Å². The van der Waals surface area contributed by atoms with E-state index in [1.807, 2.05) is 42.4 Å². The summed E-state index contributed by atoms with van der Waals surface area (Å²) in [5, 5.41) is 3.22. The molecular weight excluding hydrogens is 536 g/mol. The van der Waals surface area contributed by atoms with Gasteiger partial charge >= 0.3 is 0 Å². The number of hydrogen-bond donors (Lipinski definition) is 2. The van der Waals surface area contributed by atoms with Crippen molar-refractivity contribution in [2.24, 2.45) is 0 Å². The van der Waals surface area contributed by atoms with Crippen molar-refractivity contribution >= 4 is 22.9 Å². The summed E-state index contributed by atoms with van der Waals surface area (Å²) in [4.78, 5) is 31.2. The molecule has 2 aliphatic rings. The van der Waals surface area contributed by atoms with Gasteiger partial charge in [-0.25, -0.2) is 15.0 Å². The lowest BCUT2D eigenvalue weighted by Gasteiger charge is -2.30. The van der Waals surface area contributed by atoms with E-state index in [1.165, 1.54) is 23.6 Å².